The van der Waals surface area contributed by atoms with E-state index in [4.69, 9.17) is 0 Å². The Morgan fingerprint density at radius 1 is 1.33 bits per heavy atom. The molecule has 0 aromatic heterocycles. The summed E-state index contributed by atoms with van der Waals surface area (Å²) in [6.07, 6.45) is 3.80. The summed E-state index contributed by atoms with van der Waals surface area (Å²) in [5, 5.41) is 3.44. The largest absolute Gasteiger partial charge is 0.373 e. The SMILES string of the molecule is CCC(NC)c1ccccc1N(C)CC1CCCN1CC. The van der Waals surface area contributed by atoms with Crippen LogP contribution >= 0.6 is 0 Å². The normalized spacial score (nSPS) is 20.7. The third-order valence-corrected chi connectivity index (χ3v) is 4.87. The van der Waals surface area contributed by atoms with Crippen molar-refractivity contribution in [3.8, 4) is 0 Å². The Morgan fingerprint density at radius 3 is 2.76 bits per heavy atom. The van der Waals surface area contributed by atoms with Crippen molar-refractivity contribution in [3.63, 3.8) is 0 Å². The molecular weight excluding hydrogens is 258 g/mol. The van der Waals surface area contributed by atoms with Crippen molar-refractivity contribution in [2.75, 3.05) is 38.6 Å². The van der Waals surface area contributed by atoms with E-state index in [9.17, 15) is 0 Å². The molecule has 1 aromatic carbocycles. The summed E-state index contributed by atoms with van der Waals surface area (Å²) in [7, 11) is 4.30. The van der Waals surface area contributed by atoms with Crippen molar-refractivity contribution in [1.29, 1.82) is 0 Å². The zero-order valence-corrected chi connectivity index (χ0v) is 14.1. The first-order valence-corrected chi connectivity index (χ1v) is 8.42. The molecule has 0 bridgehead atoms. The van der Waals surface area contributed by atoms with Crippen LogP contribution in [0.15, 0.2) is 24.3 Å². The molecule has 0 amide bonds. The first-order chi connectivity index (χ1) is 10.2. The van der Waals surface area contributed by atoms with Gasteiger partial charge < -0.3 is 10.2 Å². The number of hydrogen-bond acceptors (Lipinski definition) is 3. The fraction of sp³-hybridized carbons (Fsp3) is 0.667. The summed E-state index contributed by atoms with van der Waals surface area (Å²) < 4.78 is 0. The first-order valence-electron chi connectivity index (χ1n) is 8.42. The van der Waals surface area contributed by atoms with Gasteiger partial charge in [-0.1, -0.05) is 32.0 Å². The summed E-state index contributed by atoms with van der Waals surface area (Å²) in [5.41, 5.74) is 2.80. The number of nitrogens with one attached hydrogen (secondary N) is 1. The lowest BCUT2D eigenvalue weighted by molar-refractivity contribution is 0.270. The molecule has 2 atom stereocenters. The fourth-order valence-corrected chi connectivity index (χ4v) is 3.64. The molecule has 3 nitrogen and oxygen atoms in total. The van der Waals surface area contributed by atoms with Gasteiger partial charge in [-0.3, -0.25) is 4.90 Å². The monoisotopic (exact) mass is 289 g/mol. The highest BCUT2D eigenvalue weighted by atomic mass is 15.2. The van der Waals surface area contributed by atoms with Crippen molar-refractivity contribution in [1.82, 2.24) is 10.2 Å². The van der Waals surface area contributed by atoms with Crippen molar-refractivity contribution in [3.05, 3.63) is 29.8 Å². The van der Waals surface area contributed by atoms with Crippen LogP contribution in [0.2, 0.25) is 0 Å². The Labute approximate surface area is 130 Å². The topological polar surface area (TPSA) is 18.5 Å². The second-order valence-electron chi connectivity index (χ2n) is 6.11. The second-order valence-corrected chi connectivity index (χ2v) is 6.11. The number of hydrogen-bond donors (Lipinski definition) is 1. The van der Waals surface area contributed by atoms with E-state index < -0.39 is 0 Å². The predicted octanol–water partition coefficient (Wildman–Crippen LogP) is 3.28. The zero-order valence-electron chi connectivity index (χ0n) is 14.1. The summed E-state index contributed by atoms with van der Waals surface area (Å²) in [6, 6.07) is 9.99. The molecule has 118 valence electrons. The van der Waals surface area contributed by atoms with Gasteiger partial charge in [0.1, 0.15) is 0 Å². The van der Waals surface area contributed by atoms with Gasteiger partial charge in [0.25, 0.3) is 0 Å². The van der Waals surface area contributed by atoms with Crippen molar-refractivity contribution in [2.45, 2.75) is 45.2 Å². The van der Waals surface area contributed by atoms with Crippen LogP contribution in [0.3, 0.4) is 0 Å². The second kappa shape index (κ2) is 7.81. The number of rotatable bonds is 7. The molecule has 1 N–H and O–H groups in total. The van der Waals surface area contributed by atoms with E-state index in [1.54, 1.807) is 0 Å². The Hall–Kier alpha value is -1.06. The van der Waals surface area contributed by atoms with Gasteiger partial charge >= 0.3 is 0 Å². The smallest absolute Gasteiger partial charge is 0.0412 e. The molecule has 0 saturated carbocycles. The average molecular weight is 289 g/mol. The third-order valence-electron chi connectivity index (χ3n) is 4.87. The summed E-state index contributed by atoms with van der Waals surface area (Å²) in [6.45, 7) is 8.10. The minimum absolute atomic E-state index is 0.439. The van der Waals surface area contributed by atoms with E-state index >= 15 is 0 Å². The van der Waals surface area contributed by atoms with Gasteiger partial charge in [0.2, 0.25) is 0 Å². The summed E-state index contributed by atoms with van der Waals surface area (Å²) in [5.74, 6) is 0. The number of nitrogens with zero attached hydrogens (tertiary/aromatic N) is 2. The molecule has 1 aromatic rings. The maximum atomic E-state index is 3.44. The predicted molar refractivity (Wildman–Crippen MR) is 92.1 cm³/mol. The molecule has 1 aliphatic heterocycles. The average Bonchev–Trinajstić information content (AvgIpc) is 2.96. The summed E-state index contributed by atoms with van der Waals surface area (Å²) >= 11 is 0. The number of anilines is 1. The van der Waals surface area contributed by atoms with Crippen LogP contribution in [0.5, 0.6) is 0 Å². The van der Waals surface area contributed by atoms with Crippen molar-refractivity contribution >= 4 is 5.69 Å². The van der Waals surface area contributed by atoms with E-state index in [0.717, 1.165) is 13.0 Å². The number of para-hydroxylation sites is 1. The highest BCUT2D eigenvalue weighted by molar-refractivity contribution is 5.54. The van der Waals surface area contributed by atoms with E-state index in [0.29, 0.717) is 12.1 Å². The molecule has 1 heterocycles. The Morgan fingerprint density at radius 2 is 2.10 bits per heavy atom. The van der Waals surface area contributed by atoms with Gasteiger partial charge in [0, 0.05) is 31.4 Å². The standard InChI is InChI=1S/C18H31N3/c1-5-17(19-3)16-11-7-8-12-18(16)20(4)14-15-10-9-13-21(15)6-2/h7-8,11-12,15,17,19H,5-6,9-10,13-14H2,1-4H3. The quantitative estimate of drug-likeness (QED) is 0.831. The van der Waals surface area contributed by atoms with Crippen LogP contribution in [-0.2, 0) is 0 Å². The molecular formula is C18H31N3. The summed E-state index contributed by atoms with van der Waals surface area (Å²) in [4.78, 5) is 5.07. The highest BCUT2D eigenvalue weighted by Crippen LogP contribution is 2.28. The van der Waals surface area contributed by atoms with Crippen LogP contribution in [0.25, 0.3) is 0 Å². The van der Waals surface area contributed by atoms with Gasteiger partial charge in [-0.2, -0.15) is 0 Å². The van der Waals surface area contributed by atoms with Gasteiger partial charge in [-0.25, -0.2) is 0 Å². The van der Waals surface area contributed by atoms with Crippen LogP contribution < -0.4 is 10.2 Å². The molecule has 1 saturated heterocycles. The third kappa shape index (κ3) is 3.78. The Balaban J connectivity index is 2.13. The van der Waals surface area contributed by atoms with Gasteiger partial charge in [-0.15, -0.1) is 0 Å². The minimum Gasteiger partial charge on any atom is -0.373 e. The molecule has 3 heteroatoms. The number of likely N-dealkylation sites (N-methyl/N-ethyl adjacent to an activating group) is 2. The highest BCUT2D eigenvalue weighted by Gasteiger charge is 2.25. The lowest BCUT2D eigenvalue weighted by Crippen LogP contribution is -2.39. The van der Waals surface area contributed by atoms with Crippen molar-refractivity contribution in [2.24, 2.45) is 0 Å². The molecule has 2 rings (SSSR count). The fourth-order valence-electron chi connectivity index (χ4n) is 3.64. The van der Waals surface area contributed by atoms with Crippen molar-refractivity contribution < 1.29 is 0 Å². The van der Waals surface area contributed by atoms with Crippen LogP contribution in [0.1, 0.15) is 44.7 Å². The lowest BCUT2D eigenvalue weighted by atomic mass is 10.0. The molecule has 0 spiro atoms. The first kappa shape index (κ1) is 16.3. The lowest BCUT2D eigenvalue weighted by Gasteiger charge is -2.31. The Bertz CT molecular complexity index is 428. The van der Waals surface area contributed by atoms with Gasteiger partial charge in [0.05, 0.1) is 0 Å². The molecule has 1 fully saturated rings. The Kier molecular flexibility index (Phi) is 6.07. The van der Waals surface area contributed by atoms with Crippen LogP contribution in [0, 0.1) is 0 Å². The number of benzene rings is 1. The molecule has 2 unspecified atom stereocenters. The molecule has 0 aliphatic carbocycles. The zero-order chi connectivity index (χ0) is 15.2. The van der Waals surface area contributed by atoms with Crippen LogP contribution in [0.4, 0.5) is 5.69 Å². The molecule has 0 radical (unpaired) electrons. The maximum absolute atomic E-state index is 3.44. The van der Waals surface area contributed by atoms with E-state index in [2.05, 4.69) is 67.3 Å². The minimum atomic E-state index is 0.439. The van der Waals surface area contributed by atoms with Crippen LogP contribution in [-0.4, -0.2) is 44.7 Å². The van der Waals surface area contributed by atoms with Gasteiger partial charge in [0.15, 0.2) is 0 Å². The molecule has 21 heavy (non-hydrogen) atoms. The maximum Gasteiger partial charge on any atom is 0.0412 e. The number of likely N-dealkylation sites (tertiary alicyclic amines) is 1. The van der Waals surface area contributed by atoms with E-state index in [1.165, 1.54) is 37.2 Å². The molecule has 1 aliphatic rings. The van der Waals surface area contributed by atoms with Gasteiger partial charge in [-0.05, 0) is 51.0 Å². The van der Waals surface area contributed by atoms with E-state index in [-0.39, 0.29) is 0 Å². The van der Waals surface area contributed by atoms with E-state index in [1.807, 2.05) is 0 Å².